The van der Waals surface area contributed by atoms with E-state index in [1.165, 1.54) is 163 Å². The molecule has 224 valence electrons. The van der Waals surface area contributed by atoms with Crippen molar-refractivity contribution >= 4 is 71.6 Å². The van der Waals surface area contributed by atoms with E-state index in [0.717, 1.165) is 6.42 Å². The molecule has 3 heteroatoms. The van der Waals surface area contributed by atoms with Gasteiger partial charge in [0.05, 0.1) is 0 Å². The highest BCUT2D eigenvalue weighted by atomic mass is 32.1. The first-order valence-electron chi connectivity index (χ1n) is 17.0. The minimum atomic E-state index is 1.10. The maximum Gasteiger partial charge on any atom is 0.0369 e. The molecule has 4 rings (SSSR count). The van der Waals surface area contributed by atoms with Gasteiger partial charge in [-0.05, 0) is 77.9 Å². The van der Waals surface area contributed by atoms with E-state index in [4.69, 9.17) is 12.6 Å². The lowest BCUT2D eigenvalue weighted by molar-refractivity contribution is 0.565. The third-order valence-corrected chi connectivity index (χ3v) is 11.2. The van der Waals surface area contributed by atoms with Crippen LogP contribution >= 0.6 is 35.3 Å². The third-order valence-electron chi connectivity index (χ3n) is 8.58. The predicted molar refractivity (Wildman–Crippen MR) is 194 cm³/mol. The number of thiophene rings is 2. The van der Waals surface area contributed by atoms with Crippen LogP contribution in [0.2, 0.25) is 0 Å². The Labute approximate surface area is 264 Å². The van der Waals surface area contributed by atoms with Gasteiger partial charge >= 0.3 is 0 Å². The summed E-state index contributed by atoms with van der Waals surface area (Å²) in [5.74, 6) is 0. The predicted octanol–water partition coefficient (Wildman–Crippen LogP) is 14.5. The van der Waals surface area contributed by atoms with Crippen LogP contribution in [0, 0.1) is 0 Å². The molecule has 0 aliphatic rings. The van der Waals surface area contributed by atoms with Crippen molar-refractivity contribution in [3.8, 4) is 0 Å². The molecular formula is C38H54S3. The minimum Gasteiger partial charge on any atom is -0.148 e. The Morgan fingerprint density at radius 2 is 1.17 bits per heavy atom. The van der Waals surface area contributed by atoms with Gasteiger partial charge in [-0.3, -0.25) is 0 Å². The minimum absolute atomic E-state index is 1.10. The average Bonchev–Trinajstić information content (AvgIpc) is 3.53. The molecule has 41 heavy (non-hydrogen) atoms. The normalized spacial score (nSPS) is 12.4. The number of hydrogen-bond donors (Lipinski definition) is 1. The first-order chi connectivity index (χ1) is 20.2. The van der Waals surface area contributed by atoms with Crippen LogP contribution in [0.25, 0.3) is 36.3 Å². The van der Waals surface area contributed by atoms with Crippen molar-refractivity contribution in [2.75, 3.05) is 0 Å². The fraction of sp³-hybridized carbons (Fsp3) is 0.579. The number of fused-ring (bicyclic) bond motifs is 4. The van der Waals surface area contributed by atoms with Gasteiger partial charge in [0.15, 0.2) is 0 Å². The van der Waals surface area contributed by atoms with E-state index < -0.39 is 0 Å². The SMILES string of the molecule is CCCCCCCCCCC/C(S)=C/c1ccc2sc3cc4sc(CCCCCCCCCCC)cc4cc3c2c1. The van der Waals surface area contributed by atoms with Gasteiger partial charge in [-0.2, -0.15) is 0 Å². The van der Waals surface area contributed by atoms with Gasteiger partial charge in [-0.15, -0.1) is 35.3 Å². The molecule has 0 saturated heterocycles. The number of thiol groups is 1. The molecule has 0 atom stereocenters. The molecule has 0 radical (unpaired) electrons. The molecule has 0 aliphatic heterocycles. The maximum atomic E-state index is 4.86. The summed E-state index contributed by atoms with van der Waals surface area (Å²) in [6.07, 6.45) is 29.6. The fourth-order valence-corrected chi connectivity index (χ4v) is 8.70. The Morgan fingerprint density at radius 1 is 0.585 bits per heavy atom. The monoisotopic (exact) mass is 606 g/mol. The van der Waals surface area contributed by atoms with Crippen molar-refractivity contribution in [2.45, 2.75) is 142 Å². The smallest absolute Gasteiger partial charge is 0.0369 e. The first kappa shape index (κ1) is 32.6. The molecule has 0 amide bonds. The Bertz CT molecular complexity index is 1340. The molecule has 2 aromatic heterocycles. The highest BCUT2D eigenvalue weighted by Crippen LogP contribution is 2.39. The van der Waals surface area contributed by atoms with Crippen LogP contribution < -0.4 is 0 Å². The van der Waals surface area contributed by atoms with E-state index in [1.54, 1.807) is 4.88 Å². The Hall–Kier alpha value is -1.29. The highest BCUT2D eigenvalue weighted by Gasteiger charge is 2.10. The largest absolute Gasteiger partial charge is 0.148 e. The van der Waals surface area contributed by atoms with Crippen LogP contribution in [0.15, 0.2) is 41.3 Å². The molecule has 0 unspecified atom stereocenters. The number of hydrogen-bond acceptors (Lipinski definition) is 3. The molecule has 2 heterocycles. The highest BCUT2D eigenvalue weighted by molar-refractivity contribution is 7.84. The van der Waals surface area contributed by atoms with E-state index in [-0.39, 0.29) is 0 Å². The number of unbranched alkanes of at least 4 members (excludes halogenated alkanes) is 16. The molecule has 0 bridgehead atoms. The van der Waals surface area contributed by atoms with Crippen molar-refractivity contribution in [1.82, 2.24) is 0 Å². The molecule has 2 aromatic carbocycles. The average molecular weight is 607 g/mol. The summed E-state index contributed by atoms with van der Waals surface area (Å²) in [5.41, 5.74) is 1.29. The second-order valence-corrected chi connectivity index (χ2v) is 15.1. The van der Waals surface area contributed by atoms with Crippen molar-refractivity contribution in [1.29, 1.82) is 0 Å². The zero-order valence-corrected chi connectivity index (χ0v) is 28.5. The van der Waals surface area contributed by atoms with Gasteiger partial charge in [0, 0.05) is 29.7 Å². The number of aryl methyl sites for hydroxylation is 1. The van der Waals surface area contributed by atoms with Crippen molar-refractivity contribution < 1.29 is 0 Å². The van der Waals surface area contributed by atoms with Crippen molar-refractivity contribution in [2.24, 2.45) is 0 Å². The van der Waals surface area contributed by atoms with Crippen LogP contribution in [-0.4, -0.2) is 0 Å². The summed E-state index contributed by atoms with van der Waals surface area (Å²) in [6, 6.07) is 14.3. The van der Waals surface area contributed by atoms with Gasteiger partial charge in [-0.1, -0.05) is 123 Å². The van der Waals surface area contributed by atoms with E-state index in [0.29, 0.717) is 0 Å². The lowest BCUT2D eigenvalue weighted by atomic mass is 10.0. The standard InChI is InChI=1S/C38H54S3/c1-3-5-7-9-11-13-15-17-19-21-32(39)25-30-23-24-36-34(26-30)35-28-31-27-33(40-37(31)29-38(35)41-36)22-20-18-16-14-12-10-8-6-4-2/h23-29,39H,3-22H2,1-2H3/b32-25-. The summed E-state index contributed by atoms with van der Waals surface area (Å²) in [7, 11) is 0. The van der Waals surface area contributed by atoms with E-state index >= 15 is 0 Å². The zero-order chi connectivity index (χ0) is 28.7. The number of allylic oxidation sites excluding steroid dienone is 1. The van der Waals surface area contributed by atoms with E-state index in [1.807, 2.05) is 22.7 Å². The Morgan fingerprint density at radius 3 is 1.83 bits per heavy atom. The zero-order valence-electron chi connectivity index (χ0n) is 25.9. The van der Waals surface area contributed by atoms with Gasteiger partial charge in [-0.25, -0.2) is 0 Å². The maximum absolute atomic E-state index is 4.86. The lowest BCUT2D eigenvalue weighted by Gasteiger charge is -2.03. The molecule has 4 aromatic rings. The topological polar surface area (TPSA) is 0 Å². The molecule has 0 N–H and O–H groups in total. The van der Waals surface area contributed by atoms with Crippen LogP contribution in [-0.2, 0) is 6.42 Å². The van der Waals surface area contributed by atoms with Crippen molar-refractivity contribution in [3.05, 3.63) is 51.7 Å². The van der Waals surface area contributed by atoms with Gasteiger partial charge < -0.3 is 0 Å². The van der Waals surface area contributed by atoms with Crippen LogP contribution in [0.4, 0.5) is 0 Å². The third kappa shape index (κ3) is 10.7. The second-order valence-electron chi connectivity index (χ2n) is 12.2. The first-order valence-corrected chi connectivity index (χ1v) is 19.0. The number of rotatable bonds is 21. The molecule has 0 fully saturated rings. The summed E-state index contributed by atoms with van der Waals surface area (Å²) in [6.45, 7) is 4.59. The molecular weight excluding hydrogens is 553 g/mol. The fourth-order valence-electron chi connectivity index (χ4n) is 6.09. The summed E-state index contributed by atoms with van der Waals surface area (Å²) in [5, 5.41) is 4.24. The van der Waals surface area contributed by atoms with Crippen molar-refractivity contribution in [3.63, 3.8) is 0 Å². The quantitative estimate of drug-likeness (QED) is 0.0708. The Kier molecular flexibility index (Phi) is 14.6. The summed E-state index contributed by atoms with van der Waals surface area (Å²) < 4.78 is 4.27. The number of benzene rings is 2. The summed E-state index contributed by atoms with van der Waals surface area (Å²) in [4.78, 5) is 2.78. The van der Waals surface area contributed by atoms with Crippen LogP contribution in [0.3, 0.4) is 0 Å². The molecule has 0 spiro atoms. The summed E-state index contributed by atoms with van der Waals surface area (Å²) >= 11 is 8.81. The molecule has 0 saturated carbocycles. The Balaban J connectivity index is 1.28. The molecule has 0 nitrogen and oxygen atoms in total. The van der Waals surface area contributed by atoms with Crippen LogP contribution in [0.1, 0.15) is 146 Å². The lowest BCUT2D eigenvalue weighted by Crippen LogP contribution is -1.83. The van der Waals surface area contributed by atoms with E-state index in [9.17, 15) is 0 Å². The van der Waals surface area contributed by atoms with Gasteiger partial charge in [0.25, 0.3) is 0 Å². The van der Waals surface area contributed by atoms with Crippen LogP contribution in [0.5, 0.6) is 0 Å². The second kappa shape index (κ2) is 18.4. The van der Waals surface area contributed by atoms with Gasteiger partial charge in [0.1, 0.15) is 0 Å². The van der Waals surface area contributed by atoms with Gasteiger partial charge in [0.2, 0.25) is 0 Å². The molecule has 0 aliphatic carbocycles. The van der Waals surface area contributed by atoms with E-state index in [2.05, 4.69) is 56.3 Å².